The number of nitrogens with zero attached hydrogens (tertiary/aromatic N) is 1. The summed E-state index contributed by atoms with van der Waals surface area (Å²) in [5, 5.41) is 2.54. The predicted molar refractivity (Wildman–Crippen MR) is 123 cm³/mol. The molecular formula is C23H26N2O8S. The smallest absolute Gasteiger partial charge is 0.306 e. The number of hydrogen-bond donors (Lipinski definition) is 1. The van der Waals surface area contributed by atoms with Gasteiger partial charge in [-0.05, 0) is 42.8 Å². The Balaban J connectivity index is 1.50. The zero-order valence-electron chi connectivity index (χ0n) is 19.1. The van der Waals surface area contributed by atoms with Crippen LogP contribution in [0, 0.1) is 6.92 Å². The van der Waals surface area contributed by atoms with Crippen LogP contribution in [0.4, 0.5) is 5.69 Å². The van der Waals surface area contributed by atoms with Gasteiger partial charge < -0.3 is 19.5 Å². The van der Waals surface area contributed by atoms with Crippen LogP contribution in [0.5, 0.6) is 11.5 Å². The predicted octanol–water partition coefficient (Wildman–Crippen LogP) is 2.16. The van der Waals surface area contributed by atoms with Gasteiger partial charge in [0, 0.05) is 31.8 Å². The molecule has 1 amide bonds. The quantitative estimate of drug-likeness (QED) is 0.418. The SMILES string of the molecule is Cc1ccc(S(=O)(=O)N(C)C)cc1NC(=O)COC(=O)CCC(=O)c1ccc2c(c1)OCCO2. The summed E-state index contributed by atoms with van der Waals surface area (Å²) >= 11 is 0. The minimum Gasteiger partial charge on any atom is -0.486 e. The van der Waals surface area contributed by atoms with E-state index in [-0.39, 0.29) is 29.2 Å². The van der Waals surface area contributed by atoms with Crippen LogP contribution < -0.4 is 14.8 Å². The third-order valence-electron chi connectivity index (χ3n) is 5.05. The van der Waals surface area contributed by atoms with Crippen molar-refractivity contribution >= 4 is 33.4 Å². The number of aryl methyl sites for hydroxylation is 1. The molecule has 0 aliphatic carbocycles. The Morgan fingerprint density at radius 3 is 2.41 bits per heavy atom. The fraction of sp³-hybridized carbons (Fsp3) is 0.348. The highest BCUT2D eigenvalue weighted by Crippen LogP contribution is 2.31. The van der Waals surface area contributed by atoms with Crippen LogP contribution in [0.15, 0.2) is 41.3 Å². The molecular weight excluding hydrogens is 464 g/mol. The van der Waals surface area contributed by atoms with Crippen molar-refractivity contribution in [1.29, 1.82) is 0 Å². The number of anilines is 1. The molecule has 1 aliphatic rings. The molecule has 1 heterocycles. The van der Waals surface area contributed by atoms with Gasteiger partial charge in [0.05, 0.1) is 11.3 Å². The van der Waals surface area contributed by atoms with Crippen LogP contribution in [0.2, 0.25) is 0 Å². The first-order valence-electron chi connectivity index (χ1n) is 10.5. The summed E-state index contributed by atoms with van der Waals surface area (Å²) in [6.07, 6.45) is -0.292. The van der Waals surface area contributed by atoms with E-state index in [4.69, 9.17) is 14.2 Å². The highest BCUT2D eigenvalue weighted by atomic mass is 32.2. The maximum absolute atomic E-state index is 12.4. The van der Waals surface area contributed by atoms with Gasteiger partial charge in [-0.1, -0.05) is 6.07 Å². The molecule has 0 saturated heterocycles. The van der Waals surface area contributed by atoms with E-state index in [2.05, 4.69) is 5.32 Å². The summed E-state index contributed by atoms with van der Waals surface area (Å²) < 4.78 is 41.5. The Labute approximate surface area is 197 Å². The average Bonchev–Trinajstić information content (AvgIpc) is 2.82. The van der Waals surface area contributed by atoms with Gasteiger partial charge in [-0.3, -0.25) is 14.4 Å². The second-order valence-electron chi connectivity index (χ2n) is 7.75. The van der Waals surface area contributed by atoms with E-state index in [1.165, 1.54) is 26.2 Å². The van der Waals surface area contributed by atoms with Crippen molar-refractivity contribution in [2.45, 2.75) is 24.7 Å². The van der Waals surface area contributed by atoms with E-state index >= 15 is 0 Å². The number of amides is 1. The maximum Gasteiger partial charge on any atom is 0.306 e. The number of carbonyl (C=O) groups is 3. The fourth-order valence-corrected chi connectivity index (χ4v) is 4.02. The number of esters is 1. The summed E-state index contributed by atoms with van der Waals surface area (Å²) in [5.41, 5.74) is 1.32. The van der Waals surface area contributed by atoms with Gasteiger partial charge in [-0.25, -0.2) is 12.7 Å². The number of benzene rings is 2. The molecule has 0 fully saturated rings. The number of hydrogen-bond acceptors (Lipinski definition) is 8. The highest BCUT2D eigenvalue weighted by molar-refractivity contribution is 7.89. The number of ether oxygens (including phenoxy) is 3. The molecule has 2 aromatic carbocycles. The maximum atomic E-state index is 12.4. The van der Waals surface area contributed by atoms with Gasteiger partial charge >= 0.3 is 5.97 Å². The van der Waals surface area contributed by atoms with Crippen molar-refractivity contribution in [3.8, 4) is 11.5 Å². The molecule has 0 aromatic heterocycles. The van der Waals surface area contributed by atoms with Crippen LogP contribution in [0.3, 0.4) is 0 Å². The Hall–Kier alpha value is -3.44. The first-order valence-corrected chi connectivity index (χ1v) is 11.9. The molecule has 0 atom stereocenters. The summed E-state index contributed by atoms with van der Waals surface area (Å²) in [6, 6.07) is 9.17. The van der Waals surface area contributed by atoms with Gasteiger partial charge in [0.1, 0.15) is 13.2 Å². The summed E-state index contributed by atoms with van der Waals surface area (Å²) in [6.45, 7) is 1.98. The zero-order chi connectivity index (χ0) is 24.9. The Morgan fingerprint density at radius 2 is 1.71 bits per heavy atom. The monoisotopic (exact) mass is 490 g/mol. The van der Waals surface area contributed by atoms with E-state index in [9.17, 15) is 22.8 Å². The lowest BCUT2D eigenvalue weighted by Gasteiger charge is -2.18. The van der Waals surface area contributed by atoms with E-state index in [1.807, 2.05) is 0 Å². The normalized spacial score (nSPS) is 12.8. The zero-order valence-corrected chi connectivity index (χ0v) is 19.9. The minimum atomic E-state index is -3.67. The lowest BCUT2D eigenvalue weighted by atomic mass is 10.1. The van der Waals surface area contributed by atoms with E-state index in [0.29, 0.717) is 35.8 Å². The number of sulfonamides is 1. The van der Waals surface area contributed by atoms with Crippen molar-refractivity contribution in [1.82, 2.24) is 4.31 Å². The van der Waals surface area contributed by atoms with Crippen LogP contribution in [-0.4, -0.2) is 64.3 Å². The van der Waals surface area contributed by atoms with Crippen LogP contribution >= 0.6 is 0 Å². The largest absolute Gasteiger partial charge is 0.486 e. The van der Waals surface area contributed by atoms with Crippen molar-refractivity contribution in [2.24, 2.45) is 0 Å². The average molecular weight is 491 g/mol. The molecule has 182 valence electrons. The molecule has 1 N–H and O–H groups in total. The Bertz CT molecular complexity index is 1210. The highest BCUT2D eigenvalue weighted by Gasteiger charge is 2.20. The molecule has 10 nitrogen and oxygen atoms in total. The number of Topliss-reactive ketones (excluding diaryl/α,β-unsaturated/α-hetero) is 1. The van der Waals surface area contributed by atoms with Crippen LogP contribution in [0.25, 0.3) is 0 Å². The standard InChI is InChI=1S/C23H26N2O8S/c1-15-4-6-17(34(29,30)25(2)3)13-18(15)24-22(27)14-33-23(28)9-7-19(26)16-5-8-20-21(12-16)32-11-10-31-20/h4-6,8,12-13H,7,9-11,14H2,1-3H3,(H,24,27). The molecule has 34 heavy (non-hydrogen) atoms. The van der Waals surface area contributed by atoms with E-state index in [0.717, 1.165) is 4.31 Å². The lowest BCUT2D eigenvalue weighted by molar-refractivity contribution is -0.147. The first-order chi connectivity index (χ1) is 16.1. The first kappa shape index (κ1) is 25.2. The Morgan fingerprint density at radius 1 is 1.00 bits per heavy atom. The fourth-order valence-electron chi connectivity index (χ4n) is 3.09. The van der Waals surface area contributed by atoms with Crippen molar-refractivity contribution < 1.29 is 37.0 Å². The molecule has 1 aliphatic heterocycles. The number of rotatable bonds is 9. The van der Waals surface area contributed by atoms with Crippen LogP contribution in [-0.2, 0) is 24.3 Å². The van der Waals surface area contributed by atoms with E-state index in [1.54, 1.807) is 31.2 Å². The van der Waals surface area contributed by atoms with Crippen molar-refractivity contribution in [3.05, 3.63) is 47.5 Å². The van der Waals surface area contributed by atoms with Gasteiger partial charge in [0.25, 0.3) is 5.91 Å². The van der Waals surface area contributed by atoms with Gasteiger partial charge in [0.2, 0.25) is 10.0 Å². The molecule has 0 bridgehead atoms. The van der Waals surface area contributed by atoms with Gasteiger partial charge in [0.15, 0.2) is 23.9 Å². The molecule has 0 unspecified atom stereocenters. The van der Waals surface area contributed by atoms with E-state index < -0.39 is 28.5 Å². The third kappa shape index (κ3) is 6.12. The van der Waals surface area contributed by atoms with Crippen molar-refractivity contribution in [2.75, 3.05) is 39.2 Å². The third-order valence-corrected chi connectivity index (χ3v) is 6.86. The molecule has 2 aromatic rings. The molecule has 0 spiro atoms. The molecule has 0 radical (unpaired) electrons. The molecule has 0 saturated carbocycles. The molecule has 3 rings (SSSR count). The number of nitrogens with one attached hydrogen (secondary N) is 1. The lowest BCUT2D eigenvalue weighted by Crippen LogP contribution is -2.24. The summed E-state index contributed by atoms with van der Waals surface area (Å²) in [7, 11) is -0.855. The van der Waals surface area contributed by atoms with Crippen molar-refractivity contribution in [3.63, 3.8) is 0 Å². The van der Waals surface area contributed by atoms with Gasteiger partial charge in [-0.15, -0.1) is 0 Å². The molecule has 11 heteroatoms. The summed E-state index contributed by atoms with van der Waals surface area (Å²) in [5.74, 6) is -0.564. The number of carbonyl (C=O) groups excluding carboxylic acids is 3. The second kappa shape index (κ2) is 10.7. The minimum absolute atomic E-state index is 0.0213. The van der Waals surface area contributed by atoms with Gasteiger partial charge in [-0.2, -0.15) is 0 Å². The summed E-state index contributed by atoms with van der Waals surface area (Å²) in [4.78, 5) is 36.6. The Kier molecular flexibility index (Phi) is 7.90. The topological polar surface area (TPSA) is 128 Å². The number of fused-ring (bicyclic) bond motifs is 1. The van der Waals surface area contributed by atoms with Crippen LogP contribution in [0.1, 0.15) is 28.8 Å². The second-order valence-corrected chi connectivity index (χ2v) is 9.91. The number of ketones is 1.